The van der Waals surface area contributed by atoms with Crippen molar-refractivity contribution >= 4 is 11.8 Å². The molecule has 1 aromatic carbocycles. The van der Waals surface area contributed by atoms with Gasteiger partial charge in [-0.3, -0.25) is 14.3 Å². The number of nitrogens with one attached hydrogen (secondary N) is 1. The quantitative estimate of drug-likeness (QED) is 0.826. The molecule has 1 heterocycles. The SMILES string of the molecule is Cc1cnn(C2CCC(NC(=O)COc3ccccc3C(N)=O)CC2)c1. The first kappa shape index (κ1) is 18.0. The topological polar surface area (TPSA) is 99.2 Å². The Labute approximate surface area is 152 Å². The molecule has 2 amide bonds. The molecule has 7 nitrogen and oxygen atoms in total. The largest absolute Gasteiger partial charge is 0.483 e. The number of carbonyl (C=O) groups is 2. The minimum absolute atomic E-state index is 0.136. The Morgan fingerprint density at radius 1 is 1.27 bits per heavy atom. The number of hydrogen-bond acceptors (Lipinski definition) is 4. The van der Waals surface area contributed by atoms with Crippen LogP contribution in [0.2, 0.25) is 0 Å². The first-order chi connectivity index (χ1) is 12.5. The van der Waals surface area contributed by atoms with Gasteiger partial charge < -0.3 is 15.8 Å². The number of primary amides is 1. The third kappa shape index (κ3) is 4.41. The number of nitrogens with two attached hydrogens (primary N) is 1. The Morgan fingerprint density at radius 2 is 2.00 bits per heavy atom. The number of nitrogens with zero attached hydrogens (tertiary/aromatic N) is 2. The van der Waals surface area contributed by atoms with Crippen molar-refractivity contribution in [3.8, 4) is 5.75 Å². The Kier molecular flexibility index (Phi) is 5.55. The van der Waals surface area contributed by atoms with Gasteiger partial charge in [0.1, 0.15) is 5.75 Å². The Bertz CT molecular complexity index is 779. The number of para-hydroxylation sites is 1. The summed E-state index contributed by atoms with van der Waals surface area (Å²) in [6.07, 6.45) is 7.72. The smallest absolute Gasteiger partial charge is 0.258 e. The van der Waals surface area contributed by atoms with Gasteiger partial charge in [0.05, 0.1) is 17.8 Å². The zero-order valence-corrected chi connectivity index (χ0v) is 14.9. The fourth-order valence-electron chi connectivity index (χ4n) is 3.33. The third-order valence-electron chi connectivity index (χ3n) is 4.68. The van der Waals surface area contributed by atoms with E-state index in [9.17, 15) is 9.59 Å². The highest BCUT2D eigenvalue weighted by atomic mass is 16.5. The van der Waals surface area contributed by atoms with E-state index in [1.54, 1.807) is 24.3 Å². The van der Waals surface area contributed by atoms with E-state index < -0.39 is 5.91 Å². The molecule has 0 spiro atoms. The van der Waals surface area contributed by atoms with Crippen LogP contribution < -0.4 is 15.8 Å². The number of amides is 2. The molecule has 1 aliphatic rings. The molecule has 0 aliphatic heterocycles. The molecule has 3 rings (SSSR count). The lowest BCUT2D eigenvalue weighted by Gasteiger charge is -2.29. The highest BCUT2D eigenvalue weighted by Gasteiger charge is 2.24. The molecule has 1 fully saturated rings. The first-order valence-corrected chi connectivity index (χ1v) is 8.84. The van der Waals surface area contributed by atoms with Crippen molar-refractivity contribution in [3.05, 3.63) is 47.8 Å². The number of aryl methyl sites for hydroxylation is 1. The van der Waals surface area contributed by atoms with E-state index in [-0.39, 0.29) is 24.1 Å². The van der Waals surface area contributed by atoms with Crippen LogP contribution in [-0.4, -0.2) is 34.2 Å². The summed E-state index contributed by atoms with van der Waals surface area (Å²) in [4.78, 5) is 23.5. The lowest BCUT2D eigenvalue weighted by molar-refractivity contribution is -0.124. The predicted molar refractivity (Wildman–Crippen MR) is 96.9 cm³/mol. The fraction of sp³-hybridized carbons (Fsp3) is 0.421. The van der Waals surface area contributed by atoms with E-state index in [4.69, 9.17) is 10.5 Å². The highest BCUT2D eigenvalue weighted by Crippen LogP contribution is 2.28. The maximum absolute atomic E-state index is 12.2. The van der Waals surface area contributed by atoms with Crippen LogP contribution in [0.3, 0.4) is 0 Å². The van der Waals surface area contributed by atoms with Crippen molar-refractivity contribution in [2.75, 3.05) is 6.61 Å². The summed E-state index contributed by atoms with van der Waals surface area (Å²) in [6.45, 7) is 1.90. The van der Waals surface area contributed by atoms with E-state index in [1.165, 1.54) is 0 Å². The summed E-state index contributed by atoms with van der Waals surface area (Å²) in [5.41, 5.74) is 6.74. The third-order valence-corrected chi connectivity index (χ3v) is 4.68. The molecule has 138 valence electrons. The van der Waals surface area contributed by atoms with Gasteiger partial charge in [0, 0.05) is 12.2 Å². The lowest BCUT2D eigenvalue weighted by atomic mass is 9.91. The summed E-state index contributed by atoms with van der Waals surface area (Å²) >= 11 is 0. The van der Waals surface area contributed by atoms with Crippen LogP contribution in [0.4, 0.5) is 0 Å². The molecule has 0 saturated heterocycles. The maximum atomic E-state index is 12.2. The average molecular weight is 356 g/mol. The van der Waals surface area contributed by atoms with Crippen LogP contribution in [0.1, 0.15) is 47.6 Å². The van der Waals surface area contributed by atoms with E-state index in [2.05, 4.69) is 16.6 Å². The Hall–Kier alpha value is -2.83. The summed E-state index contributed by atoms with van der Waals surface area (Å²) in [7, 11) is 0. The molecule has 0 radical (unpaired) electrons. The average Bonchev–Trinajstić information content (AvgIpc) is 3.07. The van der Waals surface area contributed by atoms with E-state index in [0.717, 1.165) is 31.2 Å². The van der Waals surface area contributed by atoms with Crippen molar-refractivity contribution in [2.45, 2.75) is 44.7 Å². The molecule has 2 aromatic rings. The predicted octanol–water partition coefficient (Wildman–Crippen LogP) is 1.97. The molecular formula is C19H24N4O3. The number of ether oxygens (including phenoxy) is 1. The second-order valence-electron chi connectivity index (χ2n) is 6.72. The van der Waals surface area contributed by atoms with E-state index >= 15 is 0 Å². The van der Waals surface area contributed by atoms with Crippen LogP contribution >= 0.6 is 0 Å². The highest BCUT2D eigenvalue weighted by molar-refractivity contribution is 5.95. The normalized spacial score (nSPS) is 19.7. The molecule has 26 heavy (non-hydrogen) atoms. The van der Waals surface area contributed by atoms with E-state index in [0.29, 0.717) is 11.8 Å². The molecule has 0 atom stereocenters. The van der Waals surface area contributed by atoms with E-state index in [1.807, 2.05) is 17.8 Å². The van der Waals surface area contributed by atoms with Gasteiger partial charge >= 0.3 is 0 Å². The van der Waals surface area contributed by atoms with Crippen molar-refractivity contribution in [2.24, 2.45) is 5.73 Å². The Morgan fingerprint density at radius 3 is 2.65 bits per heavy atom. The summed E-state index contributed by atoms with van der Waals surface area (Å²) in [6, 6.07) is 7.18. The zero-order valence-electron chi connectivity index (χ0n) is 14.9. The summed E-state index contributed by atoms with van der Waals surface area (Å²) in [5, 5.41) is 7.39. The molecule has 0 unspecified atom stereocenters. The zero-order chi connectivity index (χ0) is 18.5. The van der Waals surface area contributed by atoms with Crippen LogP contribution in [-0.2, 0) is 4.79 Å². The van der Waals surface area contributed by atoms with Gasteiger partial charge in [-0.25, -0.2) is 0 Å². The minimum atomic E-state index is -0.576. The van der Waals surface area contributed by atoms with Gasteiger partial charge in [0.2, 0.25) is 0 Å². The molecule has 3 N–H and O–H groups in total. The first-order valence-electron chi connectivity index (χ1n) is 8.84. The standard InChI is InChI=1S/C19H24N4O3/c1-13-10-21-23(11-13)15-8-6-14(7-9-15)22-18(24)12-26-17-5-3-2-4-16(17)19(20)25/h2-5,10-11,14-15H,6-9,12H2,1H3,(H2,20,25)(H,22,24). The fourth-order valence-corrected chi connectivity index (χ4v) is 3.33. The summed E-state index contributed by atoms with van der Waals surface area (Å²) < 4.78 is 7.49. The number of rotatable bonds is 6. The second kappa shape index (κ2) is 8.03. The van der Waals surface area contributed by atoms with Crippen LogP contribution in [0.25, 0.3) is 0 Å². The van der Waals surface area contributed by atoms with Crippen LogP contribution in [0.5, 0.6) is 5.75 Å². The van der Waals surface area contributed by atoms with Gasteiger partial charge in [0.15, 0.2) is 6.61 Å². The molecule has 7 heteroatoms. The molecular weight excluding hydrogens is 332 g/mol. The van der Waals surface area contributed by atoms with Crippen LogP contribution in [0, 0.1) is 6.92 Å². The number of aromatic nitrogens is 2. The van der Waals surface area contributed by atoms with Gasteiger partial charge in [0.25, 0.3) is 11.8 Å². The maximum Gasteiger partial charge on any atom is 0.258 e. The van der Waals surface area contributed by atoms with Gasteiger partial charge in [-0.15, -0.1) is 0 Å². The molecule has 1 aliphatic carbocycles. The lowest BCUT2D eigenvalue weighted by Crippen LogP contribution is -2.40. The van der Waals surface area contributed by atoms with Crippen LogP contribution in [0.15, 0.2) is 36.7 Å². The molecule has 1 saturated carbocycles. The number of carbonyl (C=O) groups excluding carboxylic acids is 2. The number of hydrogen-bond donors (Lipinski definition) is 2. The molecule has 1 aromatic heterocycles. The second-order valence-corrected chi connectivity index (χ2v) is 6.72. The number of benzene rings is 1. The van der Waals surface area contributed by atoms with Crippen molar-refractivity contribution in [1.82, 2.24) is 15.1 Å². The van der Waals surface area contributed by atoms with Crippen molar-refractivity contribution in [1.29, 1.82) is 0 Å². The summed E-state index contributed by atoms with van der Waals surface area (Å²) in [5.74, 6) is -0.441. The monoisotopic (exact) mass is 356 g/mol. The van der Waals surface area contributed by atoms with Gasteiger partial charge in [-0.2, -0.15) is 5.10 Å². The van der Waals surface area contributed by atoms with Crippen molar-refractivity contribution in [3.63, 3.8) is 0 Å². The minimum Gasteiger partial charge on any atom is -0.483 e. The molecule has 0 bridgehead atoms. The van der Waals surface area contributed by atoms with Crippen molar-refractivity contribution < 1.29 is 14.3 Å². The Balaban J connectivity index is 1.45. The van der Waals surface area contributed by atoms with Gasteiger partial charge in [-0.1, -0.05) is 12.1 Å². The van der Waals surface area contributed by atoms with Gasteiger partial charge in [-0.05, 0) is 50.3 Å².